The number of carboxylic acid groups (broad SMARTS) is 2. The molecule has 2 N–H and O–H groups in total. The third kappa shape index (κ3) is 2.88. The molecule has 0 saturated heterocycles. The van der Waals surface area contributed by atoms with Crippen LogP contribution in [-0.2, 0) is 16.6 Å². The number of carbonyl (C=O) groups is 2. The summed E-state index contributed by atoms with van der Waals surface area (Å²) in [7, 11) is 0. The van der Waals surface area contributed by atoms with Crippen molar-refractivity contribution in [1.29, 1.82) is 0 Å². The number of aliphatic carboxylic acids is 1. The van der Waals surface area contributed by atoms with Crippen LogP contribution in [0.4, 0.5) is 0 Å². The van der Waals surface area contributed by atoms with E-state index in [4.69, 9.17) is 4.52 Å². The zero-order valence-electron chi connectivity index (χ0n) is 24.0. The molecule has 4 fully saturated rings. The van der Waals surface area contributed by atoms with Gasteiger partial charge in [-0.1, -0.05) is 51.9 Å². The molecule has 1 aromatic heterocycles. The highest BCUT2D eigenvalue weighted by molar-refractivity contribution is 5.87. The van der Waals surface area contributed by atoms with Crippen LogP contribution in [0.25, 0.3) is 0 Å². The highest BCUT2D eigenvalue weighted by Crippen LogP contribution is 2.77. The second-order valence-electron chi connectivity index (χ2n) is 15.2. The number of aromatic carboxylic acids is 1. The van der Waals surface area contributed by atoms with Crippen LogP contribution in [0.15, 0.2) is 16.7 Å². The Hall–Kier alpha value is -2.11. The van der Waals surface area contributed by atoms with Gasteiger partial charge in [-0.15, -0.1) is 0 Å². The minimum absolute atomic E-state index is 0.0419. The molecule has 0 radical (unpaired) electrons. The lowest BCUT2D eigenvalue weighted by atomic mass is 9.32. The predicted molar refractivity (Wildman–Crippen MR) is 144 cm³/mol. The normalized spacial score (nSPS) is 46.6. The zero-order chi connectivity index (χ0) is 27.6. The van der Waals surface area contributed by atoms with Crippen LogP contribution in [0.3, 0.4) is 0 Å². The molecule has 38 heavy (non-hydrogen) atoms. The Bertz CT molecular complexity index is 1230. The van der Waals surface area contributed by atoms with Gasteiger partial charge >= 0.3 is 11.9 Å². The van der Waals surface area contributed by atoms with Crippen molar-refractivity contribution < 1.29 is 24.3 Å². The highest BCUT2D eigenvalue weighted by Gasteiger charge is 2.72. The van der Waals surface area contributed by atoms with E-state index in [2.05, 4.69) is 53.3 Å². The first-order valence-electron chi connectivity index (χ1n) is 14.8. The van der Waals surface area contributed by atoms with E-state index in [-0.39, 0.29) is 39.2 Å². The summed E-state index contributed by atoms with van der Waals surface area (Å²) < 4.78 is 5.74. The molecule has 0 unspecified atom stereocenters. The van der Waals surface area contributed by atoms with E-state index in [0.717, 1.165) is 68.3 Å². The van der Waals surface area contributed by atoms with E-state index >= 15 is 0 Å². The molecular weight excluding hydrogens is 478 g/mol. The molecule has 6 rings (SSSR count). The van der Waals surface area contributed by atoms with Gasteiger partial charge in [0.05, 0.1) is 5.41 Å². The largest absolute Gasteiger partial charge is 0.481 e. The molecular formula is C32H45NO5. The van der Waals surface area contributed by atoms with E-state index in [0.29, 0.717) is 24.2 Å². The van der Waals surface area contributed by atoms with E-state index in [1.807, 2.05) is 0 Å². The van der Waals surface area contributed by atoms with Crippen molar-refractivity contribution in [3.05, 3.63) is 29.2 Å². The first kappa shape index (κ1) is 26.1. The van der Waals surface area contributed by atoms with Crippen LogP contribution in [0.1, 0.15) is 115 Å². The molecule has 0 bridgehead atoms. The molecule has 9 atom stereocenters. The summed E-state index contributed by atoms with van der Waals surface area (Å²) in [6.07, 6.45) is 8.44. The molecule has 4 saturated carbocycles. The second-order valence-corrected chi connectivity index (χ2v) is 15.2. The molecule has 0 amide bonds. The quantitative estimate of drug-likeness (QED) is 0.409. The smallest absolute Gasteiger partial charge is 0.358 e. The molecule has 0 aromatic carbocycles. The number of hydrogen-bond donors (Lipinski definition) is 2. The minimum atomic E-state index is -1.01. The molecule has 5 aliphatic rings. The van der Waals surface area contributed by atoms with Crippen molar-refractivity contribution in [2.45, 2.75) is 105 Å². The van der Waals surface area contributed by atoms with Crippen LogP contribution in [0, 0.1) is 51.2 Å². The monoisotopic (exact) mass is 523 g/mol. The fourth-order valence-electron chi connectivity index (χ4n) is 12.0. The predicted octanol–water partition coefficient (Wildman–Crippen LogP) is 7.13. The Morgan fingerprint density at radius 2 is 1.63 bits per heavy atom. The van der Waals surface area contributed by atoms with Gasteiger partial charge in [0.1, 0.15) is 5.76 Å². The van der Waals surface area contributed by atoms with Gasteiger partial charge in [-0.05, 0) is 111 Å². The average Bonchev–Trinajstić information content (AvgIpc) is 3.42. The van der Waals surface area contributed by atoms with Crippen LogP contribution >= 0.6 is 0 Å². The second kappa shape index (κ2) is 7.75. The van der Waals surface area contributed by atoms with Gasteiger partial charge in [0.25, 0.3) is 0 Å². The van der Waals surface area contributed by atoms with Crippen LogP contribution in [0.2, 0.25) is 0 Å². The molecule has 1 aromatic rings. The summed E-state index contributed by atoms with van der Waals surface area (Å²) in [4.78, 5) is 25.0. The van der Waals surface area contributed by atoms with Gasteiger partial charge in [0.2, 0.25) is 0 Å². The molecule has 6 nitrogen and oxygen atoms in total. The van der Waals surface area contributed by atoms with Crippen molar-refractivity contribution in [1.82, 2.24) is 5.16 Å². The molecule has 6 heteroatoms. The molecule has 0 spiro atoms. The third-order valence-electron chi connectivity index (χ3n) is 13.8. The lowest BCUT2D eigenvalue weighted by Gasteiger charge is -2.72. The van der Waals surface area contributed by atoms with Gasteiger partial charge in [-0.3, -0.25) is 4.79 Å². The summed E-state index contributed by atoms with van der Waals surface area (Å²) in [5.41, 5.74) is 1.16. The van der Waals surface area contributed by atoms with E-state index in [9.17, 15) is 19.8 Å². The summed E-state index contributed by atoms with van der Waals surface area (Å²) in [6, 6.07) is 0. The van der Waals surface area contributed by atoms with E-state index < -0.39 is 17.4 Å². The first-order chi connectivity index (χ1) is 17.6. The highest BCUT2D eigenvalue weighted by atomic mass is 16.5. The van der Waals surface area contributed by atoms with Crippen molar-refractivity contribution in [2.75, 3.05) is 0 Å². The summed E-state index contributed by atoms with van der Waals surface area (Å²) in [5.74, 6) is 0.792. The Kier molecular flexibility index (Phi) is 5.33. The Balaban J connectivity index is 1.45. The van der Waals surface area contributed by atoms with E-state index in [1.165, 1.54) is 0 Å². The molecule has 208 valence electrons. The Morgan fingerprint density at radius 3 is 2.26 bits per heavy atom. The van der Waals surface area contributed by atoms with Crippen molar-refractivity contribution in [3.8, 4) is 0 Å². The number of carboxylic acids is 2. The number of nitrogens with zero attached hydrogens (tertiary/aromatic N) is 1. The number of allylic oxidation sites excluding steroid dienone is 1. The van der Waals surface area contributed by atoms with Crippen LogP contribution < -0.4 is 0 Å². The summed E-state index contributed by atoms with van der Waals surface area (Å²) in [6.45, 7) is 18.3. The fourth-order valence-corrected chi connectivity index (χ4v) is 12.0. The van der Waals surface area contributed by atoms with Gasteiger partial charge in [0, 0.05) is 11.0 Å². The van der Waals surface area contributed by atoms with Gasteiger partial charge < -0.3 is 14.7 Å². The zero-order valence-corrected chi connectivity index (χ0v) is 24.0. The minimum Gasteiger partial charge on any atom is -0.481 e. The SMILES string of the molecule is C=C(C)[C@@H]1CC[C@]2(C(=O)O)CC[C@]3(C)[C@H](CC[C@@H]4[C@@]5(C)Cc6c(C(=O)O)noc6C(C)(C)[C@@H]5CC[C@]43C)[C@@H]12. The maximum atomic E-state index is 12.9. The maximum absolute atomic E-state index is 12.9. The average molecular weight is 524 g/mol. The van der Waals surface area contributed by atoms with Gasteiger partial charge in [0.15, 0.2) is 5.69 Å². The maximum Gasteiger partial charge on any atom is 0.358 e. The lowest BCUT2D eigenvalue weighted by Crippen LogP contribution is -2.66. The summed E-state index contributed by atoms with van der Waals surface area (Å²) >= 11 is 0. The van der Waals surface area contributed by atoms with Crippen molar-refractivity contribution in [2.24, 2.45) is 51.2 Å². The number of hydrogen-bond acceptors (Lipinski definition) is 4. The molecule has 0 aliphatic heterocycles. The Labute approximate surface area is 226 Å². The Morgan fingerprint density at radius 1 is 0.921 bits per heavy atom. The number of fused-ring (bicyclic) bond motifs is 8. The third-order valence-corrected chi connectivity index (χ3v) is 13.8. The van der Waals surface area contributed by atoms with Crippen LogP contribution in [0.5, 0.6) is 0 Å². The van der Waals surface area contributed by atoms with Gasteiger partial charge in [-0.25, -0.2) is 4.79 Å². The lowest BCUT2D eigenvalue weighted by molar-refractivity contribution is -0.228. The number of aromatic nitrogens is 1. The summed E-state index contributed by atoms with van der Waals surface area (Å²) in [5, 5.41) is 24.5. The van der Waals surface area contributed by atoms with Crippen molar-refractivity contribution >= 4 is 11.9 Å². The fraction of sp³-hybridized carbons (Fsp3) is 0.781. The number of rotatable bonds is 3. The van der Waals surface area contributed by atoms with Crippen LogP contribution in [-0.4, -0.2) is 27.3 Å². The van der Waals surface area contributed by atoms with Gasteiger partial charge in [-0.2, -0.15) is 0 Å². The standard InChI is InChI=1S/C32H45NO5/c1-17(2)18-10-13-32(27(36)37)15-14-30(6)20(23(18)32)8-9-22-29(5)16-19-24(26(34)35)33-38-25(19)28(3,4)21(29)11-12-31(22,30)7/h18,20-23H,1,8-16H2,2-7H3,(H,34,35)(H,36,37)/t18-,20+,21-,22+,23+,29-,30+,31+,32-/m0/s1. The van der Waals surface area contributed by atoms with Crippen molar-refractivity contribution in [3.63, 3.8) is 0 Å². The van der Waals surface area contributed by atoms with E-state index in [1.54, 1.807) is 0 Å². The molecule has 1 heterocycles. The first-order valence-corrected chi connectivity index (χ1v) is 14.8. The molecule has 5 aliphatic carbocycles. The topological polar surface area (TPSA) is 101 Å².